The zero-order valence-electron chi connectivity index (χ0n) is 11.3. The van der Waals surface area contributed by atoms with Gasteiger partial charge >= 0.3 is 0 Å². The Morgan fingerprint density at radius 3 is 2.53 bits per heavy atom. The average Bonchev–Trinajstić information content (AvgIpc) is 2.26. The van der Waals surface area contributed by atoms with Crippen molar-refractivity contribution in [2.75, 3.05) is 6.26 Å². The van der Waals surface area contributed by atoms with Crippen LogP contribution in [0.2, 0.25) is 0 Å². The Labute approximate surface area is 113 Å². The van der Waals surface area contributed by atoms with Crippen LogP contribution in [0.3, 0.4) is 0 Å². The molecule has 0 radical (unpaired) electrons. The first-order chi connectivity index (χ1) is 8.70. The molecular formula is C13H19NO4S. The van der Waals surface area contributed by atoms with Crippen LogP contribution in [0, 0.1) is 0 Å². The molecule has 1 aromatic carbocycles. The Kier molecular flexibility index (Phi) is 5.08. The first-order valence-corrected chi connectivity index (χ1v) is 7.88. The Balaban J connectivity index is 2.84. The zero-order chi connectivity index (χ0) is 14.6. The van der Waals surface area contributed by atoms with Crippen molar-refractivity contribution in [3.05, 3.63) is 29.8 Å². The van der Waals surface area contributed by atoms with Crippen LogP contribution in [-0.2, 0) is 9.84 Å². The van der Waals surface area contributed by atoms with E-state index in [-0.39, 0.29) is 16.8 Å². The van der Waals surface area contributed by atoms with Gasteiger partial charge in [0, 0.05) is 17.9 Å². The van der Waals surface area contributed by atoms with Crippen LogP contribution in [0.15, 0.2) is 29.2 Å². The van der Waals surface area contributed by atoms with Crippen LogP contribution < -0.4 is 5.32 Å². The molecular weight excluding hydrogens is 266 g/mol. The number of benzene rings is 1. The molecule has 6 heteroatoms. The molecule has 0 aromatic heterocycles. The van der Waals surface area contributed by atoms with Gasteiger partial charge in [-0.2, -0.15) is 0 Å². The van der Waals surface area contributed by atoms with Crippen molar-refractivity contribution >= 4 is 15.7 Å². The summed E-state index contributed by atoms with van der Waals surface area (Å²) in [6, 6.07) is 5.70. The van der Waals surface area contributed by atoms with Gasteiger partial charge in [-0.1, -0.05) is 6.07 Å². The highest BCUT2D eigenvalue weighted by Crippen LogP contribution is 2.11. The number of carbonyl (C=O) groups excluding carboxylic acids is 1. The van der Waals surface area contributed by atoms with E-state index in [2.05, 4.69) is 5.32 Å². The highest BCUT2D eigenvalue weighted by Gasteiger charge is 2.14. The molecule has 0 bridgehead atoms. The predicted octanol–water partition coefficient (Wildman–Crippen LogP) is 0.979. The molecule has 2 atom stereocenters. The van der Waals surface area contributed by atoms with E-state index in [1.807, 2.05) is 0 Å². The summed E-state index contributed by atoms with van der Waals surface area (Å²) in [4.78, 5) is 12.0. The quantitative estimate of drug-likeness (QED) is 0.844. The number of carbonyl (C=O) groups is 1. The van der Waals surface area contributed by atoms with Crippen molar-refractivity contribution in [2.45, 2.75) is 37.3 Å². The van der Waals surface area contributed by atoms with Gasteiger partial charge < -0.3 is 10.4 Å². The third-order valence-corrected chi connectivity index (χ3v) is 3.71. The maximum atomic E-state index is 11.9. The molecule has 2 unspecified atom stereocenters. The molecule has 1 amide bonds. The first kappa shape index (κ1) is 15.7. The zero-order valence-corrected chi connectivity index (χ0v) is 12.1. The van der Waals surface area contributed by atoms with Crippen LogP contribution in [0.25, 0.3) is 0 Å². The van der Waals surface area contributed by atoms with E-state index in [1.54, 1.807) is 19.9 Å². The number of hydrogen-bond donors (Lipinski definition) is 2. The van der Waals surface area contributed by atoms with Gasteiger partial charge in [-0.3, -0.25) is 4.79 Å². The second-order valence-electron chi connectivity index (χ2n) is 4.76. The van der Waals surface area contributed by atoms with Gasteiger partial charge in [0.15, 0.2) is 9.84 Å². The number of sulfone groups is 1. The van der Waals surface area contributed by atoms with E-state index >= 15 is 0 Å². The van der Waals surface area contributed by atoms with Crippen LogP contribution in [0.5, 0.6) is 0 Å². The van der Waals surface area contributed by atoms with Crippen LogP contribution in [-0.4, -0.2) is 37.8 Å². The first-order valence-electron chi connectivity index (χ1n) is 5.99. The lowest BCUT2D eigenvalue weighted by atomic mass is 10.1. The van der Waals surface area contributed by atoms with Gasteiger partial charge in [0.2, 0.25) is 0 Å². The van der Waals surface area contributed by atoms with Crippen LogP contribution in [0.4, 0.5) is 0 Å². The van der Waals surface area contributed by atoms with Crippen LogP contribution in [0.1, 0.15) is 30.6 Å². The minimum Gasteiger partial charge on any atom is -0.393 e. The topological polar surface area (TPSA) is 83.5 Å². The highest BCUT2D eigenvalue weighted by atomic mass is 32.2. The maximum Gasteiger partial charge on any atom is 0.251 e. The summed E-state index contributed by atoms with van der Waals surface area (Å²) in [5, 5.41) is 11.9. The normalized spacial score (nSPS) is 14.7. The highest BCUT2D eigenvalue weighted by molar-refractivity contribution is 7.90. The van der Waals surface area contributed by atoms with Crippen molar-refractivity contribution in [3.8, 4) is 0 Å². The van der Waals surface area contributed by atoms with Gasteiger partial charge in [0.1, 0.15) is 0 Å². The number of aliphatic hydroxyl groups is 1. The summed E-state index contributed by atoms with van der Waals surface area (Å²) < 4.78 is 22.8. The van der Waals surface area contributed by atoms with Gasteiger partial charge in [-0.05, 0) is 38.5 Å². The van der Waals surface area contributed by atoms with Gasteiger partial charge in [0.25, 0.3) is 5.91 Å². The number of nitrogens with one attached hydrogen (secondary N) is 1. The van der Waals surface area contributed by atoms with Crippen molar-refractivity contribution in [1.29, 1.82) is 0 Å². The monoisotopic (exact) mass is 285 g/mol. The largest absolute Gasteiger partial charge is 0.393 e. The van der Waals surface area contributed by atoms with Crippen LogP contribution >= 0.6 is 0 Å². The second kappa shape index (κ2) is 6.16. The summed E-state index contributed by atoms with van der Waals surface area (Å²) in [7, 11) is -3.33. The lowest BCUT2D eigenvalue weighted by Gasteiger charge is -2.15. The SMILES string of the molecule is CC(O)CC(C)NC(=O)c1cccc(S(C)(=O)=O)c1. The summed E-state index contributed by atoms with van der Waals surface area (Å²) in [6.07, 6.45) is 1.04. The van der Waals surface area contributed by atoms with E-state index in [0.29, 0.717) is 12.0 Å². The molecule has 0 heterocycles. The van der Waals surface area contributed by atoms with Crippen molar-refractivity contribution in [2.24, 2.45) is 0 Å². The van der Waals surface area contributed by atoms with Crippen molar-refractivity contribution in [3.63, 3.8) is 0 Å². The number of hydrogen-bond acceptors (Lipinski definition) is 4. The molecule has 0 saturated carbocycles. The molecule has 0 spiro atoms. The fourth-order valence-electron chi connectivity index (χ4n) is 1.75. The Hall–Kier alpha value is -1.40. The third kappa shape index (κ3) is 5.00. The van der Waals surface area contributed by atoms with Crippen molar-refractivity contribution in [1.82, 2.24) is 5.32 Å². The lowest BCUT2D eigenvalue weighted by Crippen LogP contribution is -2.34. The maximum absolute atomic E-state index is 11.9. The standard InChI is InChI=1S/C13H19NO4S/c1-9(7-10(2)15)14-13(16)11-5-4-6-12(8-11)19(3,17)18/h4-6,8-10,15H,7H2,1-3H3,(H,14,16). The minimum absolute atomic E-state index is 0.114. The molecule has 0 aliphatic heterocycles. The Morgan fingerprint density at radius 1 is 1.37 bits per heavy atom. The Morgan fingerprint density at radius 2 is 2.00 bits per heavy atom. The van der Waals surface area contributed by atoms with E-state index in [4.69, 9.17) is 0 Å². The third-order valence-electron chi connectivity index (χ3n) is 2.60. The fourth-order valence-corrected chi connectivity index (χ4v) is 2.41. The van der Waals surface area contributed by atoms with Gasteiger partial charge in [-0.15, -0.1) is 0 Å². The predicted molar refractivity (Wildman–Crippen MR) is 72.8 cm³/mol. The second-order valence-corrected chi connectivity index (χ2v) is 6.77. The number of rotatable bonds is 5. The summed E-state index contributed by atoms with van der Waals surface area (Å²) in [5.41, 5.74) is 0.292. The van der Waals surface area contributed by atoms with E-state index in [9.17, 15) is 18.3 Å². The molecule has 0 fully saturated rings. The summed E-state index contributed by atoms with van der Waals surface area (Å²) >= 11 is 0. The Bertz CT molecular complexity index is 552. The molecule has 19 heavy (non-hydrogen) atoms. The number of amides is 1. The molecule has 0 aliphatic carbocycles. The van der Waals surface area contributed by atoms with Gasteiger partial charge in [-0.25, -0.2) is 8.42 Å². The minimum atomic E-state index is -3.33. The molecule has 1 aromatic rings. The number of aliphatic hydroxyl groups excluding tert-OH is 1. The molecule has 0 saturated heterocycles. The molecule has 5 nitrogen and oxygen atoms in total. The van der Waals surface area contributed by atoms with Gasteiger partial charge in [0.05, 0.1) is 11.0 Å². The van der Waals surface area contributed by atoms with E-state index in [1.165, 1.54) is 18.2 Å². The van der Waals surface area contributed by atoms with E-state index < -0.39 is 15.9 Å². The lowest BCUT2D eigenvalue weighted by molar-refractivity contribution is 0.0923. The summed E-state index contributed by atoms with van der Waals surface area (Å²) in [6.45, 7) is 3.43. The molecule has 0 aliphatic rings. The average molecular weight is 285 g/mol. The molecule has 2 N–H and O–H groups in total. The smallest absolute Gasteiger partial charge is 0.251 e. The molecule has 106 valence electrons. The summed E-state index contributed by atoms with van der Waals surface area (Å²) in [5.74, 6) is -0.348. The fraction of sp³-hybridized carbons (Fsp3) is 0.462. The van der Waals surface area contributed by atoms with Crippen molar-refractivity contribution < 1.29 is 18.3 Å². The van der Waals surface area contributed by atoms with E-state index in [0.717, 1.165) is 6.26 Å². The molecule has 1 rings (SSSR count).